The van der Waals surface area contributed by atoms with Crippen molar-refractivity contribution in [1.82, 2.24) is 0 Å². The first-order chi connectivity index (χ1) is 6.02. The van der Waals surface area contributed by atoms with Crippen LogP contribution in [0.3, 0.4) is 0 Å². The van der Waals surface area contributed by atoms with Crippen LogP contribution in [0, 0.1) is 17.0 Å². The normalized spacial score (nSPS) is 9.69. The van der Waals surface area contributed by atoms with Crippen molar-refractivity contribution in [1.29, 1.82) is 0 Å². The van der Waals surface area contributed by atoms with E-state index in [1.54, 1.807) is 6.92 Å². The zero-order valence-electron chi connectivity index (χ0n) is 6.85. The Hall–Kier alpha value is -1.36. The summed E-state index contributed by atoms with van der Waals surface area (Å²) < 4.78 is 0. The van der Waals surface area contributed by atoms with Crippen molar-refractivity contribution in [3.05, 3.63) is 39.4 Å². The van der Waals surface area contributed by atoms with Crippen molar-refractivity contribution in [2.24, 2.45) is 0 Å². The number of hydrogen-bond donors (Lipinski definition) is 1. The van der Waals surface area contributed by atoms with E-state index in [0.717, 1.165) is 0 Å². The number of nitro benzene ring substituents is 1. The van der Waals surface area contributed by atoms with Gasteiger partial charge in [-0.1, -0.05) is 6.07 Å². The van der Waals surface area contributed by atoms with Gasteiger partial charge in [0, 0.05) is 17.7 Å². The second-order valence-corrected chi connectivity index (χ2v) is 2.97. The van der Waals surface area contributed by atoms with E-state index < -0.39 is 10.0 Å². The molecule has 1 aromatic carbocycles. The number of carbonyl (C=O) groups excluding carboxylic acids is 1. The Bertz CT molecular complexity index is 376. The maximum absolute atomic E-state index is 10.9. The van der Waals surface area contributed by atoms with Crippen molar-refractivity contribution >= 4 is 23.4 Å². The first-order valence-corrected chi connectivity index (χ1v) is 3.95. The van der Waals surface area contributed by atoms with Crippen LogP contribution in [0.5, 0.6) is 0 Å². The van der Waals surface area contributed by atoms with Crippen molar-refractivity contribution in [3.8, 4) is 0 Å². The third kappa shape index (κ3) is 2.06. The lowest BCUT2D eigenvalue weighted by Gasteiger charge is -1.99. The number of hydrogen-bond acceptors (Lipinski definition) is 3. The first kappa shape index (κ1) is 9.73. The number of nitrogens with zero attached hydrogens (tertiary/aromatic N) is 1. The van der Waals surface area contributed by atoms with Crippen LogP contribution in [0.25, 0.3) is 0 Å². The molecule has 5 heteroatoms. The summed E-state index contributed by atoms with van der Waals surface area (Å²) in [5.41, 5.74) is 0.867. The van der Waals surface area contributed by atoms with Crippen LogP contribution < -0.4 is 0 Å². The van der Waals surface area contributed by atoms with Gasteiger partial charge in [-0.25, -0.2) is 0 Å². The standard InChI is InChI=1S/C8H7NO3S/c1-5-2-3-6(9(11)12)4-7(5)8(10)13/h2-4H,1H3,(H,10,13). The SMILES string of the molecule is Cc1ccc([N+](=O)[O-])cc1C(=O)S. The summed E-state index contributed by atoms with van der Waals surface area (Å²) in [6.07, 6.45) is 0. The van der Waals surface area contributed by atoms with Crippen LogP contribution >= 0.6 is 12.6 Å². The fourth-order valence-corrected chi connectivity index (χ4v) is 1.19. The Morgan fingerprint density at radius 1 is 1.54 bits per heavy atom. The average molecular weight is 197 g/mol. The van der Waals surface area contributed by atoms with Gasteiger partial charge in [0.2, 0.25) is 5.12 Å². The van der Waals surface area contributed by atoms with Crippen LogP contribution in [0.15, 0.2) is 18.2 Å². The average Bonchev–Trinajstić information content (AvgIpc) is 2.04. The topological polar surface area (TPSA) is 60.2 Å². The lowest BCUT2D eigenvalue weighted by molar-refractivity contribution is -0.384. The van der Waals surface area contributed by atoms with Gasteiger partial charge in [-0.15, -0.1) is 12.6 Å². The minimum absolute atomic E-state index is 0.0944. The van der Waals surface area contributed by atoms with Gasteiger partial charge in [0.15, 0.2) is 0 Å². The van der Waals surface area contributed by atoms with Gasteiger partial charge in [0.1, 0.15) is 0 Å². The predicted molar refractivity (Wildman–Crippen MR) is 51.1 cm³/mol. The molecule has 0 unspecified atom stereocenters. The maximum atomic E-state index is 10.9. The third-order valence-corrected chi connectivity index (χ3v) is 1.90. The highest BCUT2D eigenvalue weighted by molar-refractivity contribution is 7.97. The van der Waals surface area contributed by atoms with E-state index >= 15 is 0 Å². The van der Waals surface area contributed by atoms with Gasteiger partial charge in [-0.3, -0.25) is 14.9 Å². The monoisotopic (exact) mass is 197 g/mol. The van der Waals surface area contributed by atoms with Gasteiger partial charge >= 0.3 is 0 Å². The molecule has 0 aliphatic rings. The zero-order valence-corrected chi connectivity index (χ0v) is 7.75. The van der Waals surface area contributed by atoms with Crippen molar-refractivity contribution in [2.45, 2.75) is 6.92 Å². The second kappa shape index (κ2) is 3.57. The van der Waals surface area contributed by atoms with Gasteiger partial charge in [0.05, 0.1) is 4.92 Å². The minimum Gasteiger partial charge on any atom is -0.282 e. The number of nitro groups is 1. The number of carbonyl (C=O) groups is 1. The largest absolute Gasteiger partial charge is 0.282 e. The number of thiol groups is 1. The third-order valence-electron chi connectivity index (χ3n) is 1.66. The van der Waals surface area contributed by atoms with Crippen molar-refractivity contribution in [2.75, 3.05) is 0 Å². The summed E-state index contributed by atoms with van der Waals surface area (Å²) >= 11 is 3.61. The number of rotatable bonds is 2. The minimum atomic E-state index is -0.542. The Labute approximate surface area is 80.1 Å². The van der Waals surface area contributed by atoms with Crippen LogP contribution in [0.1, 0.15) is 15.9 Å². The van der Waals surface area contributed by atoms with Gasteiger partial charge < -0.3 is 0 Å². The van der Waals surface area contributed by atoms with Gasteiger partial charge in [0.25, 0.3) is 5.69 Å². The van der Waals surface area contributed by atoms with Crippen LogP contribution in [-0.2, 0) is 0 Å². The van der Waals surface area contributed by atoms with Crippen LogP contribution in [0.2, 0.25) is 0 Å². The van der Waals surface area contributed by atoms with Crippen molar-refractivity contribution in [3.63, 3.8) is 0 Å². The van der Waals surface area contributed by atoms with Gasteiger partial charge in [-0.05, 0) is 12.5 Å². The number of non-ortho nitro benzene ring substituents is 1. The smallest absolute Gasteiger partial charge is 0.270 e. The summed E-state index contributed by atoms with van der Waals surface area (Å²) in [5, 5.41) is 9.90. The summed E-state index contributed by atoms with van der Waals surface area (Å²) in [7, 11) is 0. The van der Waals surface area contributed by atoms with Gasteiger partial charge in [-0.2, -0.15) is 0 Å². The number of benzene rings is 1. The van der Waals surface area contributed by atoms with E-state index in [2.05, 4.69) is 12.6 Å². The Kier molecular flexibility index (Phi) is 2.67. The molecule has 0 N–H and O–H groups in total. The van der Waals surface area contributed by atoms with Crippen LogP contribution in [-0.4, -0.2) is 10.0 Å². The molecule has 0 radical (unpaired) electrons. The molecule has 0 heterocycles. The van der Waals surface area contributed by atoms with E-state index in [-0.39, 0.29) is 11.3 Å². The fourth-order valence-electron chi connectivity index (χ4n) is 0.954. The highest BCUT2D eigenvalue weighted by Gasteiger charge is 2.11. The Balaban J connectivity index is 3.27. The van der Waals surface area contributed by atoms with E-state index in [1.165, 1.54) is 18.2 Å². The summed E-state index contributed by atoms with van der Waals surface area (Å²) in [4.78, 5) is 20.7. The molecule has 1 aromatic rings. The quantitative estimate of drug-likeness (QED) is 0.448. The molecule has 0 spiro atoms. The van der Waals surface area contributed by atoms with E-state index in [4.69, 9.17) is 0 Å². The van der Waals surface area contributed by atoms with E-state index in [0.29, 0.717) is 5.56 Å². The molecular weight excluding hydrogens is 190 g/mol. The molecule has 0 saturated carbocycles. The molecule has 0 amide bonds. The molecule has 68 valence electrons. The second-order valence-electron chi connectivity index (χ2n) is 2.56. The molecule has 1 rings (SSSR count). The molecular formula is C8H7NO3S. The lowest BCUT2D eigenvalue weighted by atomic mass is 10.1. The summed E-state index contributed by atoms with van der Waals surface area (Å²) in [5.74, 6) is 0. The molecule has 0 fully saturated rings. The summed E-state index contributed by atoms with van der Waals surface area (Å²) in [6.45, 7) is 1.70. The molecule has 0 aliphatic heterocycles. The molecule has 0 aliphatic carbocycles. The number of aryl methyl sites for hydroxylation is 1. The highest BCUT2D eigenvalue weighted by atomic mass is 32.1. The fraction of sp³-hybridized carbons (Fsp3) is 0.125. The van der Waals surface area contributed by atoms with Crippen LogP contribution in [0.4, 0.5) is 5.69 Å². The van der Waals surface area contributed by atoms with E-state index in [9.17, 15) is 14.9 Å². The predicted octanol–water partition coefficient (Wildman–Crippen LogP) is 1.97. The molecule has 0 aromatic heterocycles. The molecule has 4 nitrogen and oxygen atoms in total. The highest BCUT2D eigenvalue weighted by Crippen LogP contribution is 2.18. The molecule has 0 saturated heterocycles. The molecule has 0 atom stereocenters. The molecule has 0 bridgehead atoms. The molecule has 13 heavy (non-hydrogen) atoms. The Morgan fingerprint density at radius 3 is 2.62 bits per heavy atom. The lowest BCUT2D eigenvalue weighted by Crippen LogP contribution is -1.96. The zero-order chi connectivity index (χ0) is 10.0. The van der Waals surface area contributed by atoms with Crippen molar-refractivity contribution < 1.29 is 9.72 Å². The Morgan fingerprint density at radius 2 is 2.15 bits per heavy atom. The first-order valence-electron chi connectivity index (χ1n) is 3.50. The maximum Gasteiger partial charge on any atom is 0.270 e. The summed E-state index contributed by atoms with van der Waals surface area (Å²) in [6, 6.07) is 4.11. The van der Waals surface area contributed by atoms with E-state index in [1.807, 2.05) is 0 Å².